The molecule has 9 heteroatoms. The molecule has 0 aromatic heterocycles. The van der Waals surface area contributed by atoms with Crippen LogP contribution in [0.2, 0.25) is 0 Å². The first-order valence-electron chi connectivity index (χ1n) is 9.99. The summed E-state index contributed by atoms with van der Waals surface area (Å²) < 4.78 is 38.4. The van der Waals surface area contributed by atoms with Crippen LogP contribution in [-0.2, 0) is 24.3 Å². The van der Waals surface area contributed by atoms with Crippen LogP contribution < -0.4 is 4.72 Å². The number of esters is 1. The van der Waals surface area contributed by atoms with Gasteiger partial charge in [-0.15, -0.1) is 0 Å². The molecule has 31 heavy (non-hydrogen) atoms. The van der Waals surface area contributed by atoms with E-state index < -0.39 is 22.1 Å². The highest BCUT2D eigenvalue weighted by molar-refractivity contribution is 7.92. The van der Waals surface area contributed by atoms with E-state index in [1.54, 1.807) is 35.2 Å². The van der Waals surface area contributed by atoms with E-state index in [1.807, 2.05) is 13.8 Å². The predicted octanol–water partition coefficient (Wildman–Crippen LogP) is 2.67. The molecule has 3 rings (SSSR count). The molecule has 0 saturated carbocycles. The van der Waals surface area contributed by atoms with E-state index in [0.717, 1.165) is 0 Å². The molecule has 2 aromatic rings. The Bertz CT molecular complexity index is 1010. The van der Waals surface area contributed by atoms with E-state index in [9.17, 15) is 18.0 Å². The molecule has 0 spiro atoms. The zero-order valence-electron chi connectivity index (χ0n) is 17.6. The molecule has 2 aromatic carbocycles. The lowest BCUT2D eigenvalue weighted by Gasteiger charge is -2.36. The van der Waals surface area contributed by atoms with Gasteiger partial charge in [-0.05, 0) is 57.2 Å². The molecule has 166 valence electrons. The number of carbonyl (C=O) groups excluding carboxylic acids is 2. The maximum absolute atomic E-state index is 12.6. The van der Waals surface area contributed by atoms with Crippen LogP contribution in [0.5, 0.6) is 0 Å². The average Bonchev–Trinajstić information content (AvgIpc) is 2.73. The minimum atomic E-state index is -3.79. The highest BCUT2D eigenvalue weighted by Crippen LogP contribution is 2.18. The molecule has 1 N–H and O–H groups in total. The van der Waals surface area contributed by atoms with Gasteiger partial charge >= 0.3 is 5.97 Å². The Morgan fingerprint density at radius 3 is 2.19 bits per heavy atom. The average molecular weight is 447 g/mol. The fourth-order valence-electron chi connectivity index (χ4n) is 3.38. The normalized spacial score (nSPS) is 20.0. The van der Waals surface area contributed by atoms with Gasteiger partial charge in [0.1, 0.15) is 0 Å². The summed E-state index contributed by atoms with van der Waals surface area (Å²) in [6.45, 7) is 6.16. The van der Waals surface area contributed by atoms with Crippen molar-refractivity contribution in [1.82, 2.24) is 4.90 Å². The number of sulfonamides is 1. The molecule has 3 atom stereocenters. The number of nitrogens with one attached hydrogen (secondary N) is 1. The topological polar surface area (TPSA) is 102 Å². The predicted molar refractivity (Wildman–Crippen MR) is 115 cm³/mol. The quantitative estimate of drug-likeness (QED) is 0.685. The summed E-state index contributed by atoms with van der Waals surface area (Å²) in [5, 5.41) is 0. The minimum Gasteiger partial charge on any atom is -0.449 e. The Hall–Kier alpha value is -2.91. The van der Waals surface area contributed by atoms with Crippen molar-refractivity contribution in [1.29, 1.82) is 0 Å². The van der Waals surface area contributed by atoms with E-state index in [4.69, 9.17) is 9.47 Å². The number of para-hydroxylation sites is 1. The standard InChI is InChI=1S/C22H26N2O6S/c1-15-13-24(14-16(2)29-15)21(25)17(3)30-22(26)18-9-11-20(12-10-18)31(27,28)23-19-7-5-4-6-8-19/h4-12,15-17,23H,13-14H2,1-3H3. The van der Waals surface area contributed by atoms with Crippen LogP contribution in [0.1, 0.15) is 31.1 Å². The number of morpholine rings is 1. The number of rotatable bonds is 6. The smallest absolute Gasteiger partial charge is 0.338 e. The molecule has 0 aliphatic carbocycles. The molecule has 8 nitrogen and oxygen atoms in total. The Balaban J connectivity index is 1.62. The highest BCUT2D eigenvalue weighted by atomic mass is 32.2. The van der Waals surface area contributed by atoms with Crippen molar-refractivity contribution in [2.24, 2.45) is 0 Å². The number of nitrogens with zero attached hydrogens (tertiary/aromatic N) is 1. The van der Waals surface area contributed by atoms with Gasteiger partial charge in [-0.3, -0.25) is 9.52 Å². The fourth-order valence-corrected chi connectivity index (χ4v) is 4.44. The molecule has 1 aliphatic heterocycles. The van der Waals surface area contributed by atoms with Gasteiger partial charge in [0.2, 0.25) is 0 Å². The summed E-state index contributed by atoms with van der Waals surface area (Å²) in [7, 11) is -3.79. The summed E-state index contributed by atoms with van der Waals surface area (Å²) in [6, 6.07) is 13.9. The number of ether oxygens (including phenoxy) is 2. The first-order chi connectivity index (χ1) is 14.7. The van der Waals surface area contributed by atoms with Crippen LogP contribution in [0.25, 0.3) is 0 Å². The number of amides is 1. The minimum absolute atomic E-state index is 0.00770. The lowest BCUT2D eigenvalue weighted by molar-refractivity contribution is -0.151. The molecule has 1 heterocycles. The Labute approximate surface area is 182 Å². The fraction of sp³-hybridized carbons (Fsp3) is 0.364. The molecule has 1 amide bonds. The van der Waals surface area contributed by atoms with Crippen LogP contribution in [0.3, 0.4) is 0 Å². The van der Waals surface area contributed by atoms with Crippen molar-refractivity contribution in [3.63, 3.8) is 0 Å². The number of carbonyl (C=O) groups is 2. The van der Waals surface area contributed by atoms with Gasteiger partial charge in [0.25, 0.3) is 15.9 Å². The van der Waals surface area contributed by atoms with Crippen molar-refractivity contribution < 1.29 is 27.5 Å². The number of hydrogen-bond acceptors (Lipinski definition) is 6. The number of hydrogen-bond donors (Lipinski definition) is 1. The monoisotopic (exact) mass is 446 g/mol. The van der Waals surface area contributed by atoms with Crippen molar-refractivity contribution in [2.75, 3.05) is 17.8 Å². The van der Waals surface area contributed by atoms with Gasteiger partial charge in [-0.25, -0.2) is 13.2 Å². The van der Waals surface area contributed by atoms with Crippen LogP contribution >= 0.6 is 0 Å². The maximum atomic E-state index is 12.6. The molecular weight excluding hydrogens is 420 g/mol. The largest absolute Gasteiger partial charge is 0.449 e. The third kappa shape index (κ3) is 5.83. The highest BCUT2D eigenvalue weighted by Gasteiger charge is 2.30. The summed E-state index contributed by atoms with van der Waals surface area (Å²) in [5.41, 5.74) is 0.590. The SMILES string of the molecule is CC1CN(C(=O)C(C)OC(=O)c2ccc(S(=O)(=O)Nc3ccccc3)cc2)CC(C)O1. The number of benzene rings is 2. The van der Waals surface area contributed by atoms with E-state index >= 15 is 0 Å². The zero-order chi connectivity index (χ0) is 22.6. The van der Waals surface area contributed by atoms with Gasteiger partial charge in [0.15, 0.2) is 6.10 Å². The molecule has 0 bridgehead atoms. The number of anilines is 1. The second-order valence-electron chi connectivity index (χ2n) is 7.54. The second kappa shape index (κ2) is 9.49. The van der Waals surface area contributed by atoms with Gasteiger partial charge in [-0.2, -0.15) is 0 Å². The Morgan fingerprint density at radius 1 is 1.03 bits per heavy atom. The lowest BCUT2D eigenvalue weighted by atomic mass is 10.2. The Kier molecular flexibility index (Phi) is 6.97. The molecule has 3 unspecified atom stereocenters. The molecular formula is C22H26N2O6S. The summed E-state index contributed by atoms with van der Waals surface area (Å²) in [4.78, 5) is 26.7. The van der Waals surface area contributed by atoms with E-state index in [2.05, 4.69) is 4.72 Å². The van der Waals surface area contributed by atoms with Crippen LogP contribution in [0, 0.1) is 0 Å². The van der Waals surface area contributed by atoms with Gasteiger partial charge in [-0.1, -0.05) is 18.2 Å². The van der Waals surface area contributed by atoms with Gasteiger partial charge < -0.3 is 14.4 Å². The van der Waals surface area contributed by atoms with Gasteiger partial charge in [0, 0.05) is 18.8 Å². The van der Waals surface area contributed by atoms with Crippen LogP contribution in [0.4, 0.5) is 5.69 Å². The van der Waals surface area contributed by atoms with Crippen molar-refractivity contribution in [2.45, 2.75) is 44.0 Å². The maximum Gasteiger partial charge on any atom is 0.338 e. The van der Waals surface area contributed by atoms with Crippen LogP contribution in [-0.4, -0.2) is 56.6 Å². The first kappa shape index (κ1) is 22.8. The van der Waals surface area contributed by atoms with E-state index in [-0.39, 0.29) is 28.6 Å². The summed E-state index contributed by atoms with van der Waals surface area (Å²) >= 11 is 0. The molecule has 1 fully saturated rings. The van der Waals surface area contributed by atoms with Gasteiger partial charge in [0.05, 0.1) is 22.7 Å². The third-order valence-electron chi connectivity index (χ3n) is 4.79. The van der Waals surface area contributed by atoms with Crippen molar-refractivity contribution >= 4 is 27.6 Å². The first-order valence-corrected chi connectivity index (χ1v) is 11.5. The molecule has 1 aliphatic rings. The third-order valence-corrected chi connectivity index (χ3v) is 6.19. The van der Waals surface area contributed by atoms with Crippen molar-refractivity contribution in [3.05, 3.63) is 60.2 Å². The Morgan fingerprint density at radius 2 is 1.61 bits per heavy atom. The lowest BCUT2D eigenvalue weighted by Crippen LogP contribution is -2.51. The molecule has 0 radical (unpaired) electrons. The van der Waals surface area contributed by atoms with E-state index in [0.29, 0.717) is 18.8 Å². The van der Waals surface area contributed by atoms with Crippen molar-refractivity contribution in [3.8, 4) is 0 Å². The zero-order valence-corrected chi connectivity index (χ0v) is 18.5. The molecule has 1 saturated heterocycles. The van der Waals surface area contributed by atoms with E-state index in [1.165, 1.54) is 31.2 Å². The summed E-state index contributed by atoms with van der Waals surface area (Å²) in [5.74, 6) is -0.989. The second-order valence-corrected chi connectivity index (χ2v) is 9.23. The van der Waals surface area contributed by atoms with Crippen LogP contribution in [0.15, 0.2) is 59.5 Å². The summed E-state index contributed by atoms with van der Waals surface area (Å²) in [6.07, 6.45) is -1.14.